The lowest BCUT2D eigenvalue weighted by Crippen LogP contribution is -2.51. The number of hydrogen-bond donors (Lipinski definition) is 0. The number of rotatable bonds is 10. The van der Waals surface area contributed by atoms with Gasteiger partial charge in [0.25, 0.3) is 0 Å². The summed E-state index contributed by atoms with van der Waals surface area (Å²) >= 11 is 1.68. The molecule has 194 valence electrons. The fourth-order valence-corrected chi connectivity index (χ4v) is 5.99. The van der Waals surface area contributed by atoms with Crippen LogP contribution in [0.2, 0.25) is 6.04 Å². The van der Waals surface area contributed by atoms with E-state index in [4.69, 9.17) is 13.3 Å². The molecule has 4 nitrogen and oxygen atoms in total. The molecule has 0 aliphatic heterocycles. The molecule has 0 saturated heterocycles. The molecule has 0 fully saturated rings. The largest absolute Gasteiger partial charge is 0.501 e. The molecule has 0 bridgehead atoms. The van der Waals surface area contributed by atoms with Crippen LogP contribution in [0.5, 0.6) is 0 Å². The number of benzene rings is 1. The summed E-state index contributed by atoms with van der Waals surface area (Å²) in [5.74, 6) is 0. The molecule has 2 rings (SSSR count). The molecule has 0 aliphatic carbocycles. The van der Waals surface area contributed by atoms with E-state index in [9.17, 15) is 0 Å². The Kier molecular flexibility index (Phi) is 31.9. The average molecular weight is 582 g/mol. The second kappa shape index (κ2) is 23.7. The van der Waals surface area contributed by atoms with E-state index in [0.717, 1.165) is 30.8 Å². The molecular formula is C21H47NO3S6Si. The summed E-state index contributed by atoms with van der Waals surface area (Å²) in [5, 5.41) is 0. The van der Waals surface area contributed by atoms with Gasteiger partial charge < -0.3 is 13.3 Å². The van der Waals surface area contributed by atoms with E-state index in [2.05, 4.69) is 59.5 Å². The zero-order valence-corrected chi connectivity index (χ0v) is 27.3. The van der Waals surface area contributed by atoms with Crippen molar-refractivity contribution in [2.24, 2.45) is 0 Å². The lowest BCUT2D eigenvalue weighted by Gasteiger charge is -2.35. The van der Waals surface area contributed by atoms with Crippen LogP contribution in [-0.2, 0) is 13.3 Å². The molecule has 11 heteroatoms. The van der Waals surface area contributed by atoms with E-state index in [-0.39, 0.29) is 85.8 Å². The fourth-order valence-electron chi connectivity index (χ4n) is 2.31. The van der Waals surface area contributed by atoms with Crippen LogP contribution in [0, 0.1) is 0 Å². The minimum absolute atomic E-state index is 0. The third-order valence-electron chi connectivity index (χ3n) is 4.54. The average Bonchev–Trinajstić information content (AvgIpc) is 3.16. The Bertz CT molecular complexity index is 591. The lowest BCUT2D eigenvalue weighted by atomic mass is 10.3. The van der Waals surface area contributed by atoms with E-state index in [1.165, 1.54) is 4.70 Å². The maximum atomic E-state index is 6.18. The minimum Gasteiger partial charge on any atom is -0.371 e. The smallest absolute Gasteiger partial charge is 0.371 e. The molecule has 1 aromatic carbocycles. The Morgan fingerprint density at radius 3 is 1.50 bits per heavy atom. The van der Waals surface area contributed by atoms with Crippen LogP contribution < -0.4 is 0 Å². The van der Waals surface area contributed by atoms with Gasteiger partial charge in [-0.15, -0.1) is 11.3 Å². The minimum atomic E-state index is -2.52. The van der Waals surface area contributed by atoms with Gasteiger partial charge >= 0.3 is 8.80 Å². The van der Waals surface area contributed by atoms with Crippen LogP contribution in [-0.4, -0.2) is 32.1 Å². The first-order valence-corrected chi connectivity index (χ1v) is 13.0. The van der Waals surface area contributed by atoms with Crippen molar-refractivity contribution in [3.05, 3.63) is 29.8 Å². The van der Waals surface area contributed by atoms with Crippen molar-refractivity contribution in [2.45, 2.75) is 92.1 Å². The van der Waals surface area contributed by atoms with E-state index < -0.39 is 8.80 Å². The fraction of sp³-hybridized carbons (Fsp3) is 0.667. The Morgan fingerprint density at radius 2 is 1.16 bits per heavy atom. The molecular weight excluding hydrogens is 535 g/mol. The molecule has 3 atom stereocenters. The molecule has 0 saturated carbocycles. The summed E-state index contributed by atoms with van der Waals surface area (Å²) in [5.41, 5.74) is 2.97. The quantitative estimate of drug-likeness (QED) is 0.277. The first-order chi connectivity index (χ1) is 12.9. The highest BCUT2D eigenvalue weighted by molar-refractivity contribution is 7.60. The van der Waals surface area contributed by atoms with E-state index in [0.29, 0.717) is 0 Å². The van der Waals surface area contributed by atoms with Crippen LogP contribution in [0.25, 0.3) is 10.2 Å². The highest BCUT2D eigenvalue weighted by Gasteiger charge is 2.43. The molecule has 0 radical (unpaired) electrons. The van der Waals surface area contributed by atoms with E-state index >= 15 is 0 Å². The summed E-state index contributed by atoms with van der Waals surface area (Å²) in [7, 11) is -2.52. The number of hydrogen-bond acceptors (Lipinski definition) is 5. The topological polar surface area (TPSA) is 40.6 Å². The third-order valence-corrected chi connectivity index (χ3v) is 8.50. The van der Waals surface area contributed by atoms with Crippen molar-refractivity contribution in [3.8, 4) is 0 Å². The second-order valence-electron chi connectivity index (χ2n) is 6.87. The standard InChI is InChI=1S/C14H32O3Si.C7H5NS.5H2S/c1-8-12(5)15-18(11-4,16-13(6)9-2)17-14(7)10-3;1-2-4-7-6(3-1)8-5-9-7;;;;;/h12-14H,8-11H2,1-7H3;1-5H;5*1H2. The maximum absolute atomic E-state index is 6.18. The maximum Gasteiger partial charge on any atom is 0.501 e. The SMILES string of the molecule is CCC(C)O[Si](CC)(OC(C)CC)OC(C)CC.S.S.S.S.S.c1ccc2scnc2c1. The molecule has 0 aliphatic rings. The molecule has 1 heterocycles. The molecule has 0 amide bonds. The molecule has 2 aromatic rings. The van der Waals surface area contributed by atoms with E-state index in [1.54, 1.807) is 11.3 Å². The summed E-state index contributed by atoms with van der Waals surface area (Å²) < 4.78 is 19.8. The number of thiazole rings is 1. The van der Waals surface area contributed by atoms with Crippen molar-refractivity contribution in [2.75, 3.05) is 0 Å². The van der Waals surface area contributed by atoms with E-state index in [1.807, 2.05) is 23.7 Å². The van der Waals surface area contributed by atoms with Gasteiger partial charge in [0.15, 0.2) is 0 Å². The van der Waals surface area contributed by atoms with Gasteiger partial charge in [-0.3, -0.25) is 0 Å². The van der Waals surface area contributed by atoms with Gasteiger partial charge in [-0.05, 0) is 52.2 Å². The van der Waals surface area contributed by atoms with Gasteiger partial charge in [-0.25, -0.2) is 4.98 Å². The van der Waals surface area contributed by atoms with Crippen LogP contribution in [0.15, 0.2) is 29.8 Å². The normalized spacial score (nSPS) is 14.2. The Balaban J connectivity index is -0.000000148. The van der Waals surface area contributed by atoms with Gasteiger partial charge in [0.05, 0.1) is 15.7 Å². The predicted molar refractivity (Wildman–Crippen MR) is 170 cm³/mol. The summed E-state index contributed by atoms with van der Waals surface area (Å²) in [6.07, 6.45) is 3.56. The van der Waals surface area contributed by atoms with Gasteiger partial charge in [0, 0.05) is 24.4 Å². The number of aromatic nitrogens is 1. The Hall–Kier alpha value is 0.957. The van der Waals surface area contributed by atoms with Crippen LogP contribution >= 0.6 is 78.8 Å². The third kappa shape index (κ3) is 15.8. The van der Waals surface area contributed by atoms with Crippen LogP contribution in [0.4, 0.5) is 0 Å². The Labute approximate surface area is 236 Å². The van der Waals surface area contributed by atoms with Gasteiger partial charge in [0.1, 0.15) is 0 Å². The van der Waals surface area contributed by atoms with Crippen LogP contribution in [0.3, 0.4) is 0 Å². The molecule has 32 heavy (non-hydrogen) atoms. The van der Waals surface area contributed by atoms with Gasteiger partial charge in [-0.2, -0.15) is 67.5 Å². The zero-order valence-electron chi connectivity index (χ0n) is 20.5. The molecule has 1 aromatic heterocycles. The Morgan fingerprint density at radius 1 is 0.750 bits per heavy atom. The van der Waals surface area contributed by atoms with Gasteiger partial charge in [-0.1, -0.05) is 39.8 Å². The van der Waals surface area contributed by atoms with Gasteiger partial charge in [0.2, 0.25) is 0 Å². The first kappa shape index (κ1) is 43.1. The zero-order chi connectivity index (χ0) is 20.3. The first-order valence-electron chi connectivity index (χ1n) is 10.2. The summed E-state index contributed by atoms with van der Waals surface area (Å²) in [4.78, 5) is 4.14. The predicted octanol–water partition coefficient (Wildman–Crippen LogP) is 7.25. The van der Waals surface area contributed by atoms with Crippen LogP contribution in [0.1, 0.15) is 67.7 Å². The molecule has 0 N–H and O–H groups in total. The number of nitrogens with zero attached hydrogens (tertiary/aromatic N) is 1. The second-order valence-corrected chi connectivity index (χ2v) is 10.5. The van der Waals surface area contributed by atoms with Crippen molar-refractivity contribution >= 4 is 97.8 Å². The highest BCUT2D eigenvalue weighted by Crippen LogP contribution is 2.24. The lowest BCUT2D eigenvalue weighted by molar-refractivity contribution is -0.00985. The van der Waals surface area contributed by atoms with Crippen molar-refractivity contribution in [1.29, 1.82) is 0 Å². The summed E-state index contributed by atoms with van der Waals surface area (Å²) in [6, 6.07) is 8.97. The number of para-hydroxylation sites is 1. The summed E-state index contributed by atoms with van der Waals surface area (Å²) in [6.45, 7) is 14.8. The van der Waals surface area contributed by atoms with Crippen molar-refractivity contribution in [3.63, 3.8) is 0 Å². The van der Waals surface area contributed by atoms with Crippen molar-refractivity contribution in [1.82, 2.24) is 4.98 Å². The highest BCUT2D eigenvalue weighted by atomic mass is 32.1. The monoisotopic (exact) mass is 581 g/mol. The van der Waals surface area contributed by atoms with Crippen molar-refractivity contribution < 1.29 is 13.3 Å². The molecule has 0 spiro atoms. The molecule has 3 unspecified atom stereocenters. The number of fused-ring (bicyclic) bond motifs is 1.